The summed E-state index contributed by atoms with van der Waals surface area (Å²) in [5, 5.41) is 11.5. The molecule has 0 aromatic heterocycles. The molecular formula is C13H26OS2. The Labute approximate surface area is 109 Å². The smallest absolute Gasteiger partial charge is 0.0672 e. The van der Waals surface area contributed by atoms with Gasteiger partial charge in [-0.15, -0.1) is 0 Å². The molecule has 1 fully saturated rings. The summed E-state index contributed by atoms with van der Waals surface area (Å²) in [6, 6.07) is 0. The summed E-state index contributed by atoms with van der Waals surface area (Å²) < 4.78 is 0. The summed E-state index contributed by atoms with van der Waals surface area (Å²) in [7, 11) is 0. The maximum atomic E-state index is 10.3. The Bertz CT molecular complexity index is 187. The van der Waals surface area contributed by atoms with Crippen LogP contribution >= 0.6 is 23.5 Å². The summed E-state index contributed by atoms with van der Waals surface area (Å²) in [5.74, 6) is 3.15. The fraction of sp³-hybridized carbons (Fsp3) is 1.00. The van der Waals surface area contributed by atoms with Crippen molar-refractivity contribution in [2.24, 2.45) is 5.92 Å². The minimum atomic E-state index is -0.0932. The van der Waals surface area contributed by atoms with Crippen LogP contribution in [0.4, 0.5) is 0 Å². The Balaban J connectivity index is 2.40. The maximum absolute atomic E-state index is 10.3. The fourth-order valence-corrected chi connectivity index (χ4v) is 5.62. The number of rotatable bonds is 6. The highest BCUT2D eigenvalue weighted by atomic mass is 32.2. The molecule has 1 nitrogen and oxygen atoms in total. The van der Waals surface area contributed by atoms with E-state index in [4.69, 9.17) is 0 Å². The molecule has 0 amide bonds. The van der Waals surface area contributed by atoms with Crippen LogP contribution in [0, 0.1) is 5.92 Å². The van der Waals surface area contributed by atoms with E-state index in [-0.39, 0.29) is 6.10 Å². The summed E-state index contributed by atoms with van der Waals surface area (Å²) >= 11 is 4.05. The Kier molecular flexibility index (Phi) is 7.25. The molecule has 4 unspecified atom stereocenters. The van der Waals surface area contributed by atoms with Gasteiger partial charge in [0.15, 0.2) is 0 Å². The average molecular weight is 262 g/mol. The van der Waals surface area contributed by atoms with Gasteiger partial charge in [0, 0.05) is 22.0 Å². The van der Waals surface area contributed by atoms with E-state index in [1.807, 2.05) is 11.8 Å². The lowest BCUT2D eigenvalue weighted by molar-refractivity contribution is 0.138. The molecule has 0 bridgehead atoms. The van der Waals surface area contributed by atoms with Crippen LogP contribution in [0.2, 0.25) is 0 Å². The second-order valence-electron chi connectivity index (χ2n) is 4.85. The lowest BCUT2D eigenvalue weighted by Crippen LogP contribution is -2.37. The Morgan fingerprint density at radius 1 is 1.25 bits per heavy atom. The standard InChI is InChI=1S/C13H26OS2/c1-4-6-10(3)9-11(14)13-12(5-2)15-7-8-16-13/h10-14H,4-9H2,1-3H3. The molecule has 0 aromatic rings. The van der Waals surface area contributed by atoms with E-state index in [1.165, 1.54) is 30.8 Å². The normalized spacial score (nSPS) is 30.0. The van der Waals surface area contributed by atoms with E-state index in [1.54, 1.807) is 0 Å². The van der Waals surface area contributed by atoms with Gasteiger partial charge in [0.1, 0.15) is 0 Å². The highest BCUT2D eigenvalue weighted by Crippen LogP contribution is 2.36. The third kappa shape index (κ3) is 4.50. The van der Waals surface area contributed by atoms with Crippen LogP contribution in [0.5, 0.6) is 0 Å². The molecule has 0 aliphatic carbocycles. The molecule has 0 spiro atoms. The fourth-order valence-electron chi connectivity index (χ4n) is 2.45. The zero-order valence-electron chi connectivity index (χ0n) is 10.8. The molecule has 0 saturated carbocycles. The Hall–Kier alpha value is 0.660. The molecule has 16 heavy (non-hydrogen) atoms. The van der Waals surface area contributed by atoms with Crippen LogP contribution in [0.3, 0.4) is 0 Å². The lowest BCUT2D eigenvalue weighted by Gasteiger charge is -2.34. The van der Waals surface area contributed by atoms with E-state index >= 15 is 0 Å². The number of aliphatic hydroxyl groups excluding tert-OH is 1. The van der Waals surface area contributed by atoms with Gasteiger partial charge in [-0.3, -0.25) is 0 Å². The van der Waals surface area contributed by atoms with Gasteiger partial charge >= 0.3 is 0 Å². The van der Waals surface area contributed by atoms with E-state index in [0.717, 1.165) is 6.42 Å². The van der Waals surface area contributed by atoms with Gasteiger partial charge in [0.05, 0.1) is 6.10 Å². The molecule has 0 aromatic carbocycles. The molecule has 1 aliphatic heterocycles. The first-order valence-corrected chi connectivity index (χ1v) is 8.70. The number of hydrogen-bond acceptors (Lipinski definition) is 3. The molecule has 0 radical (unpaired) electrons. The van der Waals surface area contributed by atoms with Gasteiger partial charge in [-0.05, 0) is 18.8 Å². The Morgan fingerprint density at radius 3 is 2.56 bits per heavy atom. The van der Waals surface area contributed by atoms with Gasteiger partial charge < -0.3 is 5.11 Å². The first kappa shape index (κ1) is 14.7. The molecule has 1 saturated heterocycles. The molecule has 3 heteroatoms. The minimum absolute atomic E-state index is 0.0932. The highest BCUT2D eigenvalue weighted by molar-refractivity contribution is 8.07. The van der Waals surface area contributed by atoms with Gasteiger partial charge in [0.25, 0.3) is 0 Å². The van der Waals surface area contributed by atoms with E-state index < -0.39 is 0 Å². The van der Waals surface area contributed by atoms with Gasteiger partial charge in [0.2, 0.25) is 0 Å². The van der Waals surface area contributed by atoms with Crippen LogP contribution in [-0.4, -0.2) is 33.2 Å². The first-order chi connectivity index (χ1) is 7.69. The highest BCUT2D eigenvalue weighted by Gasteiger charge is 2.31. The monoisotopic (exact) mass is 262 g/mol. The van der Waals surface area contributed by atoms with Crippen LogP contribution < -0.4 is 0 Å². The molecule has 1 aliphatic rings. The summed E-state index contributed by atoms with van der Waals surface area (Å²) in [5.41, 5.74) is 0. The topological polar surface area (TPSA) is 20.2 Å². The van der Waals surface area contributed by atoms with Crippen molar-refractivity contribution in [2.75, 3.05) is 11.5 Å². The van der Waals surface area contributed by atoms with Crippen molar-refractivity contribution in [1.82, 2.24) is 0 Å². The van der Waals surface area contributed by atoms with E-state index in [0.29, 0.717) is 16.4 Å². The predicted octanol–water partition coefficient (Wildman–Crippen LogP) is 3.80. The molecule has 1 N–H and O–H groups in total. The van der Waals surface area contributed by atoms with E-state index in [2.05, 4.69) is 32.5 Å². The minimum Gasteiger partial charge on any atom is -0.392 e. The molecule has 1 heterocycles. The average Bonchev–Trinajstić information content (AvgIpc) is 2.29. The SMILES string of the molecule is CCCC(C)CC(O)C1SCCSC1CC. The van der Waals surface area contributed by atoms with Gasteiger partial charge in [-0.2, -0.15) is 23.5 Å². The summed E-state index contributed by atoms with van der Waals surface area (Å²) in [4.78, 5) is 0. The third-order valence-electron chi connectivity index (χ3n) is 3.30. The van der Waals surface area contributed by atoms with Gasteiger partial charge in [-0.1, -0.05) is 33.6 Å². The first-order valence-electron chi connectivity index (χ1n) is 6.60. The van der Waals surface area contributed by atoms with Crippen LogP contribution in [0.25, 0.3) is 0 Å². The van der Waals surface area contributed by atoms with Crippen molar-refractivity contribution < 1.29 is 5.11 Å². The molecule has 4 atom stereocenters. The van der Waals surface area contributed by atoms with Crippen molar-refractivity contribution in [3.8, 4) is 0 Å². The van der Waals surface area contributed by atoms with Crippen LogP contribution in [0.15, 0.2) is 0 Å². The maximum Gasteiger partial charge on any atom is 0.0672 e. The second kappa shape index (κ2) is 7.88. The van der Waals surface area contributed by atoms with Crippen molar-refractivity contribution in [3.05, 3.63) is 0 Å². The van der Waals surface area contributed by atoms with Crippen molar-refractivity contribution in [2.45, 2.75) is 63.1 Å². The number of hydrogen-bond donors (Lipinski definition) is 1. The second-order valence-corrected chi connectivity index (χ2v) is 7.48. The van der Waals surface area contributed by atoms with Gasteiger partial charge in [-0.25, -0.2) is 0 Å². The Morgan fingerprint density at radius 2 is 1.94 bits per heavy atom. The lowest BCUT2D eigenvalue weighted by atomic mass is 9.96. The molecule has 96 valence electrons. The largest absolute Gasteiger partial charge is 0.392 e. The van der Waals surface area contributed by atoms with Crippen molar-refractivity contribution >= 4 is 23.5 Å². The van der Waals surface area contributed by atoms with E-state index in [9.17, 15) is 5.11 Å². The predicted molar refractivity (Wildman–Crippen MR) is 77.5 cm³/mol. The number of thioether (sulfide) groups is 2. The zero-order valence-corrected chi connectivity index (χ0v) is 12.4. The summed E-state index contributed by atoms with van der Waals surface area (Å²) in [6.45, 7) is 6.75. The van der Waals surface area contributed by atoms with Crippen LogP contribution in [0.1, 0.15) is 46.5 Å². The molecule has 1 rings (SSSR count). The third-order valence-corrected chi connectivity index (χ3v) is 6.69. The zero-order chi connectivity index (χ0) is 12.0. The molecular weight excluding hydrogens is 236 g/mol. The van der Waals surface area contributed by atoms with Crippen molar-refractivity contribution in [1.29, 1.82) is 0 Å². The summed E-state index contributed by atoms with van der Waals surface area (Å²) in [6.07, 6.45) is 4.57. The van der Waals surface area contributed by atoms with Crippen molar-refractivity contribution in [3.63, 3.8) is 0 Å². The van der Waals surface area contributed by atoms with Crippen LogP contribution in [-0.2, 0) is 0 Å². The number of aliphatic hydroxyl groups is 1. The quantitative estimate of drug-likeness (QED) is 0.786.